The highest BCUT2D eigenvalue weighted by molar-refractivity contribution is 8.71. The Labute approximate surface area is 179 Å². The molecule has 0 aliphatic carbocycles. The summed E-state index contributed by atoms with van der Waals surface area (Å²) in [4.78, 5) is 0. The fourth-order valence-corrected chi connectivity index (χ4v) is 4.98. The van der Waals surface area contributed by atoms with Crippen molar-refractivity contribution >= 4 is 19.7 Å². The Balaban J connectivity index is 3.35. The van der Waals surface area contributed by atoms with Crippen LogP contribution in [0.5, 0.6) is 0 Å². The summed E-state index contributed by atoms with van der Waals surface area (Å²) in [5.74, 6) is 0.436. The standard InChI is InChI=1S/C22H46O4S2/c1-4-6-7-8-9-10-11-12-13-14-15-16-17-18-19-25-20-22(26-5-2)21-27-28(3,23)24/h22H,4-21H2,1-3H3. The molecule has 0 bridgehead atoms. The second-order valence-electron chi connectivity index (χ2n) is 7.74. The third-order valence-corrected chi connectivity index (χ3v) is 7.45. The Morgan fingerprint density at radius 2 is 1.21 bits per heavy atom. The van der Waals surface area contributed by atoms with Gasteiger partial charge in [0.2, 0.25) is 0 Å². The molecule has 0 N–H and O–H groups in total. The first kappa shape index (κ1) is 28.2. The zero-order chi connectivity index (χ0) is 20.9. The van der Waals surface area contributed by atoms with E-state index in [4.69, 9.17) is 9.47 Å². The molecule has 0 radical (unpaired) electrons. The smallest absolute Gasteiger partial charge is 0.198 e. The van der Waals surface area contributed by atoms with E-state index in [9.17, 15) is 8.42 Å². The maximum Gasteiger partial charge on any atom is 0.198 e. The molecule has 0 aromatic rings. The maximum absolute atomic E-state index is 11.2. The summed E-state index contributed by atoms with van der Waals surface area (Å²) in [5, 5.41) is 0. The van der Waals surface area contributed by atoms with Gasteiger partial charge in [-0.3, -0.25) is 0 Å². The van der Waals surface area contributed by atoms with E-state index in [0.29, 0.717) is 19.0 Å². The lowest BCUT2D eigenvalue weighted by Gasteiger charge is -2.16. The molecule has 0 rings (SSSR count). The van der Waals surface area contributed by atoms with Crippen LogP contribution in [0.2, 0.25) is 0 Å². The highest BCUT2D eigenvalue weighted by atomic mass is 33.1. The summed E-state index contributed by atoms with van der Waals surface area (Å²) < 4.78 is 33.7. The van der Waals surface area contributed by atoms with Crippen LogP contribution in [0, 0.1) is 0 Å². The first-order chi connectivity index (χ1) is 13.5. The molecule has 0 heterocycles. The molecule has 6 heteroatoms. The minimum atomic E-state index is -3.02. The van der Waals surface area contributed by atoms with Gasteiger partial charge in [-0.15, -0.1) is 0 Å². The van der Waals surface area contributed by atoms with Crippen molar-refractivity contribution in [1.82, 2.24) is 0 Å². The monoisotopic (exact) mass is 438 g/mol. The average Bonchev–Trinajstić information content (AvgIpc) is 2.65. The van der Waals surface area contributed by atoms with Gasteiger partial charge in [-0.1, -0.05) is 90.4 Å². The van der Waals surface area contributed by atoms with Crippen molar-refractivity contribution < 1.29 is 17.9 Å². The van der Waals surface area contributed by atoms with Crippen molar-refractivity contribution in [3.63, 3.8) is 0 Å². The maximum atomic E-state index is 11.2. The van der Waals surface area contributed by atoms with Gasteiger partial charge in [0.15, 0.2) is 8.87 Å². The third kappa shape index (κ3) is 22.5. The minimum Gasteiger partial charge on any atom is -0.379 e. The van der Waals surface area contributed by atoms with E-state index in [2.05, 4.69) is 6.92 Å². The van der Waals surface area contributed by atoms with E-state index < -0.39 is 8.87 Å². The Morgan fingerprint density at radius 1 is 0.750 bits per heavy atom. The van der Waals surface area contributed by atoms with Crippen molar-refractivity contribution in [2.45, 2.75) is 110 Å². The van der Waals surface area contributed by atoms with Crippen LogP contribution in [-0.2, 0) is 18.3 Å². The molecule has 0 saturated heterocycles. The Bertz CT molecular complexity index is 413. The molecule has 0 amide bonds. The third-order valence-electron chi connectivity index (χ3n) is 4.82. The average molecular weight is 439 g/mol. The molecule has 1 atom stereocenters. The van der Waals surface area contributed by atoms with Crippen LogP contribution in [-0.4, -0.2) is 46.4 Å². The molecular formula is C22H46O4S2. The van der Waals surface area contributed by atoms with Gasteiger partial charge in [0.05, 0.1) is 12.7 Å². The summed E-state index contributed by atoms with van der Waals surface area (Å²) in [6.07, 6.45) is 20.0. The van der Waals surface area contributed by atoms with E-state index in [-0.39, 0.29) is 6.10 Å². The predicted molar refractivity (Wildman–Crippen MR) is 124 cm³/mol. The summed E-state index contributed by atoms with van der Waals surface area (Å²) >= 11 is 0. The van der Waals surface area contributed by atoms with Gasteiger partial charge < -0.3 is 9.47 Å². The van der Waals surface area contributed by atoms with Gasteiger partial charge >= 0.3 is 0 Å². The molecule has 0 aliphatic heterocycles. The summed E-state index contributed by atoms with van der Waals surface area (Å²) in [6, 6.07) is 0. The fourth-order valence-electron chi connectivity index (χ4n) is 3.19. The van der Waals surface area contributed by atoms with Crippen molar-refractivity contribution in [1.29, 1.82) is 0 Å². The van der Waals surface area contributed by atoms with E-state index >= 15 is 0 Å². The van der Waals surface area contributed by atoms with Crippen molar-refractivity contribution in [2.24, 2.45) is 0 Å². The van der Waals surface area contributed by atoms with Crippen LogP contribution >= 0.6 is 10.8 Å². The second kappa shape index (κ2) is 20.5. The molecule has 4 nitrogen and oxygen atoms in total. The fraction of sp³-hybridized carbons (Fsp3) is 1.00. The lowest BCUT2D eigenvalue weighted by Crippen LogP contribution is -2.23. The van der Waals surface area contributed by atoms with Crippen LogP contribution in [0.15, 0.2) is 0 Å². The highest BCUT2D eigenvalue weighted by Crippen LogP contribution is 2.14. The molecule has 1 unspecified atom stereocenters. The van der Waals surface area contributed by atoms with Crippen LogP contribution < -0.4 is 0 Å². The van der Waals surface area contributed by atoms with E-state index in [1.165, 1.54) is 89.7 Å². The molecular weight excluding hydrogens is 392 g/mol. The van der Waals surface area contributed by atoms with Crippen molar-refractivity contribution in [2.75, 3.05) is 31.8 Å². The molecule has 0 spiro atoms. The molecule has 0 aromatic carbocycles. The number of hydrogen-bond acceptors (Lipinski definition) is 5. The lowest BCUT2D eigenvalue weighted by atomic mass is 10.0. The molecule has 0 fully saturated rings. The molecule has 0 saturated carbocycles. The molecule has 0 aliphatic rings. The van der Waals surface area contributed by atoms with Gasteiger partial charge in [-0.05, 0) is 24.1 Å². The Morgan fingerprint density at radius 3 is 1.64 bits per heavy atom. The topological polar surface area (TPSA) is 52.6 Å². The first-order valence-electron chi connectivity index (χ1n) is 11.5. The minimum absolute atomic E-state index is 0.142. The normalized spacial score (nSPS) is 13.1. The van der Waals surface area contributed by atoms with Gasteiger partial charge in [0.1, 0.15) is 0 Å². The van der Waals surface area contributed by atoms with E-state index in [0.717, 1.165) is 23.8 Å². The Kier molecular flexibility index (Phi) is 20.7. The summed E-state index contributed by atoms with van der Waals surface area (Å²) in [5.41, 5.74) is 0. The number of rotatable bonds is 22. The van der Waals surface area contributed by atoms with E-state index in [1.807, 2.05) is 6.92 Å². The summed E-state index contributed by atoms with van der Waals surface area (Å²) in [6.45, 7) is 6.00. The molecule has 28 heavy (non-hydrogen) atoms. The van der Waals surface area contributed by atoms with Gasteiger partial charge in [-0.25, -0.2) is 8.42 Å². The van der Waals surface area contributed by atoms with Gasteiger partial charge in [0, 0.05) is 25.2 Å². The second-order valence-corrected chi connectivity index (χ2v) is 12.2. The van der Waals surface area contributed by atoms with E-state index in [1.54, 1.807) is 0 Å². The molecule has 0 aromatic heterocycles. The first-order valence-corrected chi connectivity index (χ1v) is 14.9. The van der Waals surface area contributed by atoms with Crippen LogP contribution in [0.1, 0.15) is 104 Å². The van der Waals surface area contributed by atoms with Gasteiger partial charge in [-0.2, -0.15) is 0 Å². The predicted octanol–water partition coefficient (Wildman–Crippen LogP) is 6.58. The largest absolute Gasteiger partial charge is 0.379 e. The van der Waals surface area contributed by atoms with Crippen LogP contribution in [0.25, 0.3) is 0 Å². The zero-order valence-corrected chi connectivity index (χ0v) is 20.4. The van der Waals surface area contributed by atoms with Crippen molar-refractivity contribution in [3.05, 3.63) is 0 Å². The van der Waals surface area contributed by atoms with Crippen LogP contribution in [0.4, 0.5) is 0 Å². The number of ether oxygens (including phenoxy) is 2. The number of unbranched alkanes of at least 4 members (excludes halogenated alkanes) is 13. The van der Waals surface area contributed by atoms with Gasteiger partial charge in [0.25, 0.3) is 0 Å². The number of hydrogen-bond donors (Lipinski definition) is 0. The lowest BCUT2D eigenvalue weighted by molar-refractivity contribution is 0.000256. The highest BCUT2D eigenvalue weighted by Gasteiger charge is 2.13. The molecule has 170 valence electrons. The zero-order valence-electron chi connectivity index (χ0n) is 18.8. The Hall–Kier alpha value is 0.220. The quantitative estimate of drug-likeness (QED) is 0.141. The van der Waals surface area contributed by atoms with Crippen molar-refractivity contribution in [3.8, 4) is 0 Å². The van der Waals surface area contributed by atoms with Crippen LogP contribution in [0.3, 0.4) is 0 Å². The SMILES string of the molecule is CCCCCCCCCCCCCCCCOCC(CSS(C)(=O)=O)OCC. The summed E-state index contributed by atoms with van der Waals surface area (Å²) in [7, 11) is -2.08.